The summed E-state index contributed by atoms with van der Waals surface area (Å²) in [4.78, 5) is 38.6. The second-order valence-electron chi connectivity index (χ2n) is 9.08. The Morgan fingerprint density at radius 2 is 1.05 bits per heavy atom. The lowest BCUT2D eigenvalue weighted by Crippen LogP contribution is -2.34. The van der Waals surface area contributed by atoms with Gasteiger partial charge in [0.1, 0.15) is 13.2 Å². The van der Waals surface area contributed by atoms with Crippen molar-refractivity contribution in [1.82, 2.24) is 19.8 Å². The van der Waals surface area contributed by atoms with Gasteiger partial charge in [-0.1, -0.05) is 60.7 Å². The van der Waals surface area contributed by atoms with Crippen molar-refractivity contribution in [3.63, 3.8) is 0 Å². The molecule has 0 aliphatic heterocycles. The minimum atomic E-state index is -0.409. The number of carbonyl (C=O) groups excluding carboxylic acids is 2. The summed E-state index contributed by atoms with van der Waals surface area (Å²) in [6.45, 7) is 3.29. The second-order valence-corrected chi connectivity index (χ2v) is 11.0. The number of aromatic nitrogens is 2. The van der Waals surface area contributed by atoms with Gasteiger partial charge in [0.2, 0.25) is 0 Å². The molecule has 0 bridgehead atoms. The van der Waals surface area contributed by atoms with Gasteiger partial charge in [0.05, 0.1) is 47.2 Å². The van der Waals surface area contributed by atoms with Gasteiger partial charge in [0.25, 0.3) is 0 Å². The molecule has 4 rings (SSSR count). The zero-order chi connectivity index (χ0) is 29.2. The molecule has 2 aromatic heterocycles. The van der Waals surface area contributed by atoms with Crippen LogP contribution in [0.4, 0.5) is 9.59 Å². The molecule has 0 saturated carbocycles. The highest BCUT2D eigenvalue weighted by Gasteiger charge is 2.17. The van der Waals surface area contributed by atoms with E-state index in [1.54, 1.807) is 33.2 Å². The Hall–Kier alpha value is -3.84. The van der Waals surface area contributed by atoms with Crippen molar-refractivity contribution in [2.75, 3.05) is 39.5 Å². The fraction of sp³-hybridized carbons (Fsp3) is 0.333. The number of thiazole rings is 2. The first-order valence-electron chi connectivity index (χ1n) is 13.5. The molecule has 42 heavy (non-hydrogen) atoms. The first-order chi connectivity index (χ1) is 20.7. The van der Waals surface area contributed by atoms with Crippen molar-refractivity contribution in [2.24, 2.45) is 0 Å². The maximum Gasteiger partial charge on any atom is 0.410 e. The predicted molar refractivity (Wildman–Crippen MR) is 160 cm³/mol. The molecule has 0 aliphatic carbocycles. The number of ether oxygens (including phenoxy) is 4. The van der Waals surface area contributed by atoms with E-state index in [2.05, 4.69) is 9.97 Å². The molecule has 0 spiro atoms. The lowest BCUT2D eigenvalue weighted by molar-refractivity contribution is 0.0248. The maximum atomic E-state index is 12.8. The quantitative estimate of drug-likeness (QED) is 0.142. The third-order valence-corrected chi connectivity index (χ3v) is 7.48. The van der Waals surface area contributed by atoms with Crippen molar-refractivity contribution >= 4 is 34.9 Å². The van der Waals surface area contributed by atoms with Gasteiger partial charge in [-0.25, -0.2) is 9.59 Å². The Kier molecular flexibility index (Phi) is 13.2. The summed E-state index contributed by atoms with van der Waals surface area (Å²) >= 11 is 2.88. The van der Waals surface area contributed by atoms with Crippen LogP contribution in [-0.4, -0.2) is 71.5 Å². The first-order valence-corrected chi connectivity index (χ1v) is 15.2. The molecular weight excluding hydrogens is 576 g/mol. The van der Waals surface area contributed by atoms with Crippen LogP contribution in [0.3, 0.4) is 0 Å². The highest BCUT2D eigenvalue weighted by molar-refractivity contribution is 7.09. The third kappa shape index (κ3) is 11.2. The summed E-state index contributed by atoms with van der Waals surface area (Å²) in [7, 11) is 0. The largest absolute Gasteiger partial charge is 0.444 e. The minimum Gasteiger partial charge on any atom is -0.444 e. The smallest absolute Gasteiger partial charge is 0.410 e. The van der Waals surface area contributed by atoms with Crippen molar-refractivity contribution in [1.29, 1.82) is 0 Å². The van der Waals surface area contributed by atoms with E-state index in [0.29, 0.717) is 52.6 Å². The number of nitrogens with zero attached hydrogens (tertiary/aromatic N) is 4. The van der Waals surface area contributed by atoms with Gasteiger partial charge in [0.15, 0.2) is 0 Å². The Labute approximate surface area is 253 Å². The molecular formula is C30H34N4O6S2. The number of rotatable bonds is 17. The molecule has 2 aromatic carbocycles. The van der Waals surface area contributed by atoms with Crippen LogP contribution >= 0.6 is 22.7 Å². The summed E-state index contributed by atoms with van der Waals surface area (Å²) < 4.78 is 22.5. The fourth-order valence-corrected chi connectivity index (χ4v) is 4.84. The van der Waals surface area contributed by atoms with Crippen molar-refractivity contribution in [2.45, 2.75) is 26.3 Å². The van der Waals surface area contributed by atoms with Gasteiger partial charge in [0, 0.05) is 38.6 Å². The Balaban J connectivity index is 1.16. The van der Waals surface area contributed by atoms with E-state index in [1.165, 1.54) is 22.7 Å². The summed E-state index contributed by atoms with van der Waals surface area (Å²) in [6.07, 6.45) is 2.56. The van der Waals surface area contributed by atoms with Gasteiger partial charge in [-0.15, -0.1) is 22.7 Å². The Morgan fingerprint density at radius 3 is 1.43 bits per heavy atom. The molecule has 0 unspecified atom stereocenters. The lowest BCUT2D eigenvalue weighted by atomic mass is 10.2. The molecule has 12 heteroatoms. The summed E-state index contributed by atoms with van der Waals surface area (Å²) in [5.74, 6) is 0. The van der Waals surface area contributed by atoms with Crippen molar-refractivity contribution < 1.29 is 28.5 Å². The Morgan fingerprint density at radius 1 is 0.619 bits per heavy atom. The molecule has 4 aromatic rings. The molecule has 0 fully saturated rings. The van der Waals surface area contributed by atoms with Crippen LogP contribution in [0.1, 0.15) is 20.9 Å². The summed E-state index contributed by atoms with van der Waals surface area (Å²) in [6, 6.07) is 19.5. The van der Waals surface area contributed by atoms with Crippen molar-refractivity contribution in [3.8, 4) is 0 Å². The Bertz CT molecular complexity index is 1190. The van der Waals surface area contributed by atoms with E-state index >= 15 is 0 Å². The monoisotopic (exact) mass is 610 g/mol. The zero-order valence-corrected chi connectivity index (χ0v) is 24.8. The van der Waals surface area contributed by atoms with E-state index in [1.807, 2.05) is 60.7 Å². The highest BCUT2D eigenvalue weighted by Crippen LogP contribution is 2.12. The molecule has 10 nitrogen and oxygen atoms in total. The van der Waals surface area contributed by atoms with Gasteiger partial charge in [-0.3, -0.25) is 9.97 Å². The van der Waals surface area contributed by atoms with Gasteiger partial charge in [-0.2, -0.15) is 0 Å². The molecule has 0 N–H and O–H groups in total. The van der Waals surface area contributed by atoms with Crippen LogP contribution in [0.5, 0.6) is 0 Å². The van der Waals surface area contributed by atoms with Crippen LogP contribution in [0, 0.1) is 0 Å². The SMILES string of the molecule is O=C(OCc1cncs1)N(CCOCCOCCN(Cc1ccccc1)C(=O)OCc1cncs1)Cc1ccccc1. The molecule has 0 aliphatic rings. The van der Waals surface area contributed by atoms with Crippen LogP contribution < -0.4 is 0 Å². The van der Waals surface area contributed by atoms with E-state index < -0.39 is 12.2 Å². The number of carbonyl (C=O) groups is 2. The molecule has 0 saturated heterocycles. The topological polar surface area (TPSA) is 103 Å². The van der Waals surface area contributed by atoms with E-state index in [0.717, 1.165) is 20.9 Å². The maximum absolute atomic E-state index is 12.8. The summed E-state index contributed by atoms with van der Waals surface area (Å²) in [5, 5.41) is 0. The standard InChI is InChI=1S/C30H34N4O6S2/c35-29(39-21-27-17-31-23-41-27)33(19-25-7-3-1-4-8-25)11-13-37-15-16-38-14-12-34(20-26-9-5-2-6-10-26)30(36)40-22-28-18-32-24-42-28/h1-10,17-18,23-24H,11-16,19-22H2. The molecule has 0 atom stereocenters. The van der Waals surface area contributed by atoms with Gasteiger partial charge < -0.3 is 28.7 Å². The van der Waals surface area contributed by atoms with Gasteiger partial charge >= 0.3 is 12.2 Å². The number of benzene rings is 2. The highest BCUT2D eigenvalue weighted by atomic mass is 32.1. The number of hydrogen-bond donors (Lipinski definition) is 0. The predicted octanol–water partition coefficient (Wildman–Crippen LogP) is 5.61. The lowest BCUT2D eigenvalue weighted by Gasteiger charge is -2.23. The normalized spacial score (nSPS) is 10.8. The average molecular weight is 611 g/mol. The van der Waals surface area contributed by atoms with Crippen LogP contribution in [0.2, 0.25) is 0 Å². The number of hydrogen-bond acceptors (Lipinski definition) is 10. The molecule has 2 heterocycles. The van der Waals surface area contributed by atoms with E-state index in [-0.39, 0.29) is 13.2 Å². The second kappa shape index (κ2) is 17.9. The van der Waals surface area contributed by atoms with Crippen LogP contribution in [0.15, 0.2) is 84.1 Å². The summed E-state index contributed by atoms with van der Waals surface area (Å²) in [5.41, 5.74) is 5.41. The minimum absolute atomic E-state index is 0.184. The molecule has 0 radical (unpaired) electrons. The van der Waals surface area contributed by atoms with Crippen LogP contribution in [-0.2, 0) is 45.3 Å². The zero-order valence-electron chi connectivity index (χ0n) is 23.2. The van der Waals surface area contributed by atoms with Crippen LogP contribution in [0.25, 0.3) is 0 Å². The fourth-order valence-electron chi connectivity index (χ4n) is 3.82. The van der Waals surface area contributed by atoms with Gasteiger partial charge in [-0.05, 0) is 11.1 Å². The molecule has 2 amide bonds. The van der Waals surface area contributed by atoms with Crippen molar-refractivity contribution in [3.05, 3.63) is 105 Å². The average Bonchev–Trinajstić information content (AvgIpc) is 3.75. The van der Waals surface area contributed by atoms with E-state index in [9.17, 15) is 9.59 Å². The van der Waals surface area contributed by atoms with E-state index in [4.69, 9.17) is 18.9 Å². The number of amides is 2. The third-order valence-electron chi connectivity index (χ3n) is 5.97. The molecule has 222 valence electrons. The first kappa shape index (κ1) is 31.1.